The number of aliphatic carboxylic acids is 1. The molecule has 2 unspecified atom stereocenters. The van der Waals surface area contributed by atoms with Gasteiger partial charge in [-0.05, 0) is 42.7 Å². The maximum Gasteiger partial charge on any atom is 0.303 e. The Hall–Kier alpha value is -1.38. The molecule has 0 spiro atoms. The minimum absolute atomic E-state index is 0.0940. The Morgan fingerprint density at radius 2 is 1.88 bits per heavy atom. The average molecular weight is 236 g/mol. The van der Waals surface area contributed by atoms with Crippen molar-refractivity contribution >= 4 is 5.97 Å². The number of halogens is 1. The van der Waals surface area contributed by atoms with E-state index in [1.54, 1.807) is 12.1 Å². The number of carbonyl (C=O) groups is 1. The van der Waals surface area contributed by atoms with E-state index in [0.29, 0.717) is 11.5 Å². The van der Waals surface area contributed by atoms with Gasteiger partial charge in [0.2, 0.25) is 0 Å². The molecular weight excluding hydrogens is 219 g/mol. The molecule has 0 aliphatic heterocycles. The molecule has 0 amide bonds. The van der Waals surface area contributed by atoms with E-state index in [1.807, 2.05) is 12.1 Å². The van der Waals surface area contributed by atoms with Crippen LogP contribution in [0, 0.1) is 5.92 Å². The molecule has 0 radical (unpaired) electrons. The molecule has 1 N–H and O–H groups in total. The van der Waals surface area contributed by atoms with Gasteiger partial charge in [0.05, 0.1) is 6.42 Å². The van der Waals surface area contributed by atoms with E-state index >= 15 is 0 Å². The summed E-state index contributed by atoms with van der Waals surface area (Å²) in [4.78, 5) is 10.8. The normalized spacial score (nSPS) is 18.7. The second-order valence-corrected chi connectivity index (χ2v) is 4.82. The molecule has 1 aliphatic carbocycles. The Morgan fingerprint density at radius 3 is 2.29 bits per heavy atom. The summed E-state index contributed by atoms with van der Waals surface area (Å²) in [6.45, 7) is 1.50. The molecule has 2 rings (SSSR count). The SMILES string of the molecule is CC(F)c1ccc(C(CC(=O)O)C2CC2)cc1. The van der Waals surface area contributed by atoms with Crippen molar-refractivity contribution in [2.24, 2.45) is 5.92 Å². The Morgan fingerprint density at radius 1 is 1.35 bits per heavy atom. The smallest absolute Gasteiger partial charge is 0.303 e. The molecule has 0 saturated heterocycles. The van der Waals surface area contributed by atoms with Crippen molar-refractivity contribution in [3.8, 4) is 0 Å². The molecule has 1 aromatic carbocycles. The largest absolute Gasteiger partial charge is 0.481 e. The Bertz CT molecular complexity index is 393. The van der Waals surface area contributed by atoms with Gasteiger partial charge < -0.3 is 5.11 Å². The quantitative estimate of drug-likeness (QED) is 0.846. The molecule has 1 saturated carbocycles. The number of hydrogen-bond acceptors (Lipinski definition) is 1. The lowest BCUT2D eigenvalue weighted by Gasteiger charge is -2.15. The molecule has 0 aromatic heterocycles. The van der Waals surface area contributed by atoms with Gasteiger partial charge in [-0.15, -0.1) is 0 Å². The van der Waals surface area contributed by atoms with Gasteiger partial charge in [-0.3, -0.25) is 4.79 Å². The minimum atomic E-state index is -0.970. The summed E-state index contributed by atoms with van der Waals surface area (Å²) in [5.74, 6) is -0.166. The molecular formula is C14H17FO2. The zero-order chi connectivity index (χ0) is 12.4. The van der Waals surface area contributed by atoms with Crippen LogP contribution in [0.1, 0.15) is 49.4 Å². The van der Waals surface area contributed by atoms with E-state index < -0.39 is 12.1 Å². The van der Waals surface area contributed by atoms with Crippen molar-refractivity contribution in [3.63, 3.8) is 0 Å². The van der Waals surface area contributed by atoms with Crippen LogP contribution >= 0.6 is 0 Å². The number of carboxylic acids is 1. The molecule has 1 fully saturated rings. The lowest BCUT2D eigenvalue weighted by Crippen LogP contribution is -2.08. The average Bonchev–Trinajstić information content (AvgIpc) is 3.09. The summed E-state index contributed by atoms with van der Waals surface area (Å²) in [7, 11) is 0. The molecule has 17 heavy (non-hydrogen) atoms. The van der Waals surface area contributed by atoms with Crippen LogP contribution in [0.15, 0.2) is 24.3 Å². The zero-order valence-electron chi connectivity index (χ0n) is 9.90. The number of carboxylic acid groups (broad SMARTS) is 1. The van der Waals surface area contributed by atoms with E-state index in [-0.39, 0.29) is 12.3 Å². The molecule has 1 aliphatic rings. The van der Waals surface area contributed by atoms with E-state index in [2.05, 4.69) is 0 Å². The summed E-state index contributed by atoms with van der Waals surface area (Å²) >= 11 is 0. The summed E-state index contributed by atoms with van der Waals surface area (Å²) in [5.41, 5.74) is 1.68. The highest BCUT2D eigenvalue weighted by molar-refractivity contribution is 5.68. The Kier molecular flexibility index (Phi) is 3.46. The summed E-state index contributed by atoms with van der Waals surface area (Å²) in [6, 6.07) is 7.27. The third-order valence-electron chi connectivity index (χ3n) is 3.41. The van der Waals surface area contributed by atoms with Crippen molar-refractivity contribution < 1.29 is 14.3 Å². The molecule has 2 nitrogen and oxygen atoms in total. The van der Waals surface area contributed by atoms with Crippen LogP contribution in [0.5, 0.6) is 0 Å². The van der Waals surface area contributed by atoms with Crippen LogP contribution in [0.2, 0.25) is 0 Å². The second kappa shape index (κ2) is 4.86. The van der Waals surface area contributed by atoms with E-state index in [9.17, 15) is 9.18 Å². The summed E-state index contributed by atoms with van der Waals surface area (Å²) in [5, 5.41) is 8.90. The lowest BCUT2D eigenvalue weighted by atomic mass is 9.90. The highest BCUT2D eigenvalue weighted by Gasteiger charge is 2.33. The monoisotopic (exact) mass is 236 g/mol. The third kappa shape index (κ3) is 3.05. The van der Waals surface area contributed by atoms with Gasteiger partial charge in [0.1, 0.15) is 6.17 Å². The molecule has 0 bridgehead atoms. The number of hydrogen-bond donors (Lipinski definition) is 1. The first-order chi connectivity index (χ1) is 8.08. The van der Waals surface area contributed by atoms with E-state index in [0.717, 1.165) is 18.4 Å². The van der Waals surface area contributed by atoms with Crippen LogP contribution in [-0.4, -0.2) is 11.1 Å². The van der Waals surface area contributed by atoms with Gasteiger partial charge in [0, 0.05) is 0 Å². The first-order valence-electron chi connectivity index (χ1n) is 6.03. The van der Waals surface area contributed by atoms with Gasteiger partial charge in [0.15, 0.2) is 0 Å². The molecule has 1 aromatic rings. The highest BCUT2D eigenvalue weighted by Crippen LogP contribution is 2.44. The maximum atomic E-state index is 13.1. The fourth-order valence-electron chi connectivity index (χ4n) is 2.25. The van der Waals surface area contributed by atoms with Gasteiger partial charge in [0.25, 0.3) is 0 Å². The van der Waals surface area contributed by atoms with Crippen molar-refractivity contribution in [2.45, 2.75) is 38.3 Å². The van der Waals surface area contributed by atoms with Gasteiger partial charge >= 0.3 is 5.97 Å². The highest BCUT2D eigenvalue weighted by atomic mass is 19.1. The Labute approximate surface area is 100 Å². The topological polar surface area (TPSA) is 37.3 Å². The van der Waals surface area contributed by atoms with Crippen molar-refractivity contribution in [1.29, 1.82) is 0 Å². The van der Waals surface area contributed by atoms with E-state index in [4.69, 9.17) is 5.11 Å². The van der Waals surface area contributed by atoms with Crippen LogP contribution in [0.3, 0.4) is 0 Å². The standard InChI is InChI=1S/C14H17FO2/c1-9(15)10-2-4-11(5-3-10)13(8-14(16)17)12-6-7-12/h2-5,9,12-13H,6-8H2,1H3,(H,16,17). The number of rotatable bonds is 5. The predicted octanol–water partition coefficient (Wildman–Crippen LogP) is 3.69. The Balaban J connectivity index is 2.15. The fraction of sp³-hybridized carbons (Fsp3) is 0.500. The van der Waals surface area contributed by atoms with Crippen LogP contribution in [-0.2, 0) is 4.79 Å². The first-order valence-corrected chi connectivity index (χ1v) is 6.03. The second-order valence-electron chi connectivity index (χ2n) is 4.82. The minimum Gasteiger partial charge on any atom is -0.481 e. The lowest BCUT2D eigenvalue weighted by molar-refractivity contribution is -0.137. The van der Waals surface area contributed by atoms with E-state index in [1.165, 1.54) is 6.92 Å². The van der Waals surface area contributed by atoms with Crippen LogP contribution < -0.4 is 0 Å². The van der Waals surface area contributed by atoms with Gasteiger partial charge in [-0.2, -0.15) is 0 Å². The molecule has 2 atom stereocenters. The van der Waals surface area contributed by atoms with Gasteiger partial charge in [-0.1, -0.05) is 24.3 Å². The summed E-state index contributed by atoms with van der Waals surface area (Å²) in [6.07, 6.45) is 1.43. The molecule has 3 heteroatoms. The van der Waals surface area contributed by atoms with Crippen molar-refractivity contribution in [1.82, 2.24) is 0 Å². The maximum absolute atomic E-state index is 13.1. The zero-order valence-corrected chi connectivity index (χ0v) is 9.90. The fourth-order valence-corrected chi connectivity index (χ4v) is 2.25. The molecule has 0 heterocycles. The predicted molar refractivity (Wildman–Crippen MR) is 63.7 cm³/mol. The van der Waals surface area contributed by atoms with Crippen molar-refractivity contribution in [2.75, 3.05) is 0 Å². The van der Waals surface area contributed by atoms with Crippen molar-refractivity contribution in [3.05, 3.63) is 35.4 Å². The van der Waals surface area contributed by atoms with Crippen LogP contribution in [0.4, 0.5) is 4.39 Å². The first kappa shape index (κ1) is 12.1. The number of alkyl halides is 1. The summed E-state index contributed by atoms with van der Waals surface area (Å²) < 4.78 is 13.1. The molecule has 92 valence electrons. The third-order valence-corrected chi connectivity index (χ3v) is 3.41. The van der Waals surface area contributed by atoms with Gasteiger partial charge in [-0.25, -0.2) is 4.39 Å². The van der Waals surface area contributed by atoms with Crippen LogP contribution in [0.25, 0.3) is 0 Å². The number of benzene rings is 1.